The second kappa shape index (κ2) is 11.3. The Kier molecular flexibility index (Phi) is 8.05. The van der Waals surface area contributed by atoms with Crippen LogP contribution in [0.15, 0.2) is 12.1 Å². The number of nitrogen functional groups attached to an aromatic ring is 1. The molecule has 2 aliphatic heterocycles. The van der Waals surface area contributed by atoms with Crippen LogP contribution in [-0.4, -0.2) is 97.5 Å². The SMILES string of the molecule is Cc1cc(N)nc(-c2cc3nc(OC[C@@H]4C[C@@H](F)CN4C)nc4c3c(c2Cl)OCCN4CCN(C)C)c1C(F)(F)F. The number of alkyl halides is 4. The number of likely N-dealkylation sites (N-methyl/N-ethyl adjacent to an activating group) is 2. The van der Waals surface area contributed by atoms with E-state index in [0.29, 0.717) is 43.8 Å². The largest absolute Gasteiger partial charge is 0.489 e. The third kappa shape index (κ3) is 5.93. The van der Waals surface area contributed by atoms with Gasteiger partial charge in [0.25, 0.3) is 0 Å². The molecule has 14 heteroatoms. The number of nitrogens with two attached hydrogens (primary N) is 1. The van der Waals surface area contributed by atoms with Crippen LogP contribution >= 0.6 is 11.6 Å². The van der Waals surface area contributed by atoms with E-state index < -0.39 is 23.6 Å². The van der Waals surface area contributed by atoms with Crippen LogP contribution in [0.3, 0.4) is 0 Å². The number of hydrogen-bond donors (Lipinski definition) is 1. The molecule has 0 saturated carbocycles. The van der Waals surface area contributed by atoms with Gasteiger partial charge in [0.2, 0.25) is 0 Å². The van der Waals surface area contributed by atoms with E-state index in [4.69, 9.17) is 31.8 Å². The minimum Gasteiger partial charge on any atom is -0.489 e. The van der Waals surface area contributed by atoms with Crippen molar-refractivity contribution in [3.63, 3.8) is 0 Å². The van der Waals surface area contributed by atoms with Crippen LogP contribution in [0.5, 0.6) is 11.8 Å². The molecular weight excluding hydrogens is 566 g/mol. The fourth-order valence-electron chi connectivity index (χ4n) is 5.33. The highest BCUT2D eigenvalue weighted by Crippen LogP contribution is 2.48. The van der Waals surface area contributed by atoms with Crippen LogP contribution in [-0.2, 0) is 6.18 Å². The van der Waals surface area contributed by atoms with Gasteiger partial charge in [-0.15, -0.1) is 0 Å². The van der Waals surface area contributed by atoms with Crippen molar-refractivity contribution < 1.29 is 27.0 Å². The number of aryl methyl sites for hydroxylation is 1. The Balaban J connectivity index is 1.69. The molecule has 1 saturated heterocycles. The van der Waals surface area contributed by atoms with Crippen LogP contribution in [0, 0.1) is 6.92 Å². The number of aromatic nitrogens is 3. The summed E-state index contributed by atoms with van der Waals surface area (Å²) in [5.41, 5.74) is 4.68. The number of hydrogen-bond acceptors (Lipinski definition) is 9. The molecule has 5 rings (SSSR count). The van der Waals surface area contributed by atoms with Crippen LogP contribution in [0.2, 0.25) is 5.02 Å². The second-order valence-electron chi connectivity index (χ2n) is 10.8. The van der Waals surface area contributed by atoms with Crippen molar-refractivity contribution in [3.8, 4) is 23.0 Å². The number of nitrogens with zero attached hydrogens (tertiary/aromatic N) is 6. The van der Waals surface area contributed by atoms with Gasteiger partial charge in [-0.25, -0.2) is 9.37 Å². The van der Waals surface area contributed by atoms with E-state index in [1.165, 1.54) is 19.1 Å². The molecule has 2 aliphatic rings. The summed E-state index contributed by atoms with van der Waals surface area (Å²) in [7, 11) is 5.72. The Bertz CT molecular complexity index is 1460. The predicted octanol–water partition coefficient (Wildman–Crippen LogP) is 4.44. The summed E-state index contributed by atoms with van der Waals surface area (Å²) in [6.45, 7) is 3.72. The molecule has 2 aromatic heterocycles. The molecule has 4 heterocycles. The van der Waals surface area contributed by atoms with Gasteiger partial charge in [0.05, 0.1) is 33.7 Å². The molecule has 0 aliphatic carbocycles. The number of anilines is 2. The lowest BCUT2D eigenvalue weighted by molar-refractivity contribution is -0.137. The van der Waals surface area contributed by atoms with Crippen LogP contribution in [0.25, 0.3) is 22.2 Å². The lowest BCUT2D eigenvalue weighted by Gasteiger charge is -2.25. The van der Waals surface area contributed by atoms with E-state index in [1.54, 1.807) is 0 Å². The normalized spacial score (nSPS) is 19.6. The Morgan fingerprint density at radius 1 is 1.22 bits per heavy atom. The summed E-state index contributed by atoms with van der Waals surface area (Å²) < 4.78 is 68.6. The summed E-state index contributed by atoms with van der Waals surface area (Å²) >= 11 is 6.79. The first-order valence-corrected chi connectivity index (χ1v) is 13.6. The maximum atomic E-state index is 14.2. The van der Waals surface area contributed by atoms with Crippen molar-refractivity contribution in [2.75, 3.05) is 71.2 Å². The molecule has 0 radical (unpaired) electrons. The number of pyridine rings is 1. The third-order valence-electron chi connectivity index (χ3n) is 7.38. The highest BCUT2D eigenvalue weighted by molar-refractivity contribution is 6.36. The van der Waals surface area contributed by atoms with Gasteiger partial charge in [-0.1, -0.05) is 11.6 Å². The van der Waals surface area contributed by atoms with Crippen molar-refractivity contribution in [1.82, 2.24) is 24.8 Å². The highest BCUT2D eigenvalue weighted by atomic mass is 35.5. The monoisotopic (exact) mass is 597 g/mol. The number of benzene rings is 1. The van der Waals surface area contributed by atoms with E-state index >= 15 is 0 Å². The van der Waals surface area contributed by atoms with Gasteiger partial charge < -0.3 is 25.0 Å². The van der Waals surface area contributed by atoms with Gasteiger partial charge in [0.1, 0.15) is 31.0 Å². The molecule has 0 amide bonds. The summed E-state index contributed by atoms with van der Waals surface area (Å²) in [6.07, 6.45) is -5.34. The Hall–Kier alpha value is -3.16. The molecule has 0 spiro atoms. The zero-order chi connectivity index (χ0) is 29.6. The Labute approximate surface area is 240 Å². The molecule has 1 fully saturated rings. The number of ether oxygens (including phenoxy) is 2. The quantitative estimate of drug-likeness (QED) is 0.397. The molecule has 3 aromatic rings. The van der Waals surface area contributed by atoms with Crippen molar-refractivity contribution >= 4 is 34.1 Å². The zero-order valence-corrected chi connectivity index (χ0v) is 24.0. The number of rotatable bonds is 7. The van der Waals surface area contributed by atoms with Gasteiger partial charge in [-0.3, -0.25) is 4.90 Å². The zero-order valence-electron chi connectivity index (χ0n) is 23.2. The minimum absolute atomic E-state index is 0.0203. The molecular formula is C27H32ClF4N7O2. The third-order valence-corrected chi connectivity index (χ3v) is 7.76. The van der Waals surface area contributed by atoms with E-state index in [-0.39, 0.29) is 58.5 Å². The van der Waals surface area contributed by atoms with Crippen molar-refractivity contribution in [3.05, 3.63) is 28.3 Å². The number of halogens is 5. The molecule has 9 nitrogen and oxygen atoms in total. The first-order valence-electron chi connectivity index (χ1n) is 13.2. The second-order valence-corrected chi connectivity index (χ2v) is 11.1. The first kappa shape index (κ1) is 29.3. The fourth-order valence-corrected chi connectivity index (χ4v) is 5.62. The smallest absolute Gasteiger partial charge is 0.418 e. The lowest BCUT2D eigenvalue weighted by atomic mass is 9.99. The molecule has 1 aromatic carbocycles. The summed E-state index contributed by atoms with van der Waals surface area (Å²) in [5, 5.41) is 0.411. The van der Waals surface area contributed by atoms with Crippen LogP contribution < -0.4 is 20.1 Å². The maximum Gasteiger partial charge on any atom is 0.418 e. The molecule has 0 bridgehead atoms. The summed E-state index contributed by atoms with van der Waals surface area (Å²) in [6, 6.07) is 2.46. The Morgan fingerprint density at radius 3 is 2.63 bits per heavy atom. The maximum absolute atomic E-state index is 14.2. The molecule has 0 unspecified atom stereocenters. The van der Waals surface area contributed by atoms with Gasteiger partial charge in [0, 0.05) is 31.2 Å². The highest BCUT2D eigenvalue weighted by Gasteiger charge is 2.38. The molecule has 2 atom stereocenters. The van der Waals surface area contributed by atoms with Gasteiger partial charge >= 0.3 is 12.2 Å². The van der Waals surface area contributed by atoms with Gasteiger partial charge in [-0.2, -0.15) is 23.1 Å². The average molecular weight is 598 g/mol. The summed E-state index contributed by atoms with van der Waals surface area (Å²) in [4.78, 5) is 19.2. The average Bonchev–Trinajstić information content (AvgIpc) is 3.08. The molecule has 41 heavy (non-hydrogen) atoms. The minimum atomic E-state index is -4.72. The predicted molar refractivity (Wildman–Crippen MR) is 150 cm³/mol. The van der Waals surface area contributed by atoms with E-state index in [1.807, 2.05) is 35.8 Å². The topological polar surface area (TPSA) is 92.9 Å². The molecule has 222 valence electrons. The van der Waals surface area contributed by atoms with Crippen molar-refractivity contribution in [1.29, 1.82) is 0 Å². The fraction of sp³-hybridized carbons (Fsp3) is 0.519. The van der Waals surface area contributed by atoms with Gasteiger partial charge in [-0.05, 0) is 52.2 Å². The van der Waals surface area contributed by atoms with E-state index in [9.17, 15) is 17.6 Å². The number of likely N-dealkylation sites (tertiary alicyclic amines) is 1. The van der Waals surface area contributed by atoms with Crippen LogP contribution in [0.4, 0.5) is 29.2 Å². The van der Waals surface area contributed by atoms with E-state index in [2.05, 4.69) is 9.97 Å². The van der Waals surface area contributed by atoms with Crippen molar-refractivity contribution in [2.24, 2.45) is 0 Å². The van der Waals surface area contributed by atoms with Gasteiger partial charge in [0.15, 0.2) is 5.75 Å². The Morgan fingerprint density at radius 2 is 1.98 bits per heavy atom. The molecule has 2 N–H and O–H groups in total. The standard InChI is InChI=1S/C27H32ClF4N7O2/c1-14-9-19(33)35-23(21(14)27(30,31)32)17-11-18-20-24(22(17)28)40-8-7-39(6-5-37(2)3)25(20)36-26(34-18)41-13-16-10-15(29)12-38(16)4/h9,11,15-16H,5-8,10,12-13H2,1-4H3,(H2,33,35)/t15-,16+/m1/s1. The van der Waals surface area contributed by atoms with E-state index in [0.717, 1.165) is 0 Å². The van der Waals surface area contributed by atoms with Crippen LogP contribution in [0.1, 0.15) is 17.5 Å². The summed E-state index contributed by atoms with van der Waals surface area (Å²) in [5.74, 6) is 0.574. The lowest BCUT2D eigenvalue weighted by Crippen LogP contribution is -2.34. The first-order chi connectivity index (χ1) is 19.3. The van der Waals surface area contributed by atoms with Crippen molar-refractivity contribution in [2.45, 2.75) is 31.7 Å².